The summed E-state index contributed by atoms with van der Waals surface area (Å²) in [5.41, 5.74) is 0. The number of aliphatic hydroxyl groups excluding tert-OH is 1. The number of phosphoric acid groups is 2. The first-order valence-electron chi connectivity index (χ1n) is 38.7. The van der Waals surface area contributed by atoms with Crippen LogP contribution in [0.2, 0.25) is 0 Å². The molecule has 0 spiro atoms. The monoisotopic (exact) mass is 1490 g/mol. The Morgan fingerprint density at radius 2 is 0.558 bits per heavy atom. The van der Waals surface area contributed by atoms with Gasteiger partial charge in [0.2, 0.25) is 0 Å². The summed E-state index contributed by atoms with van der Waals surface area (Å²) in [5.74, 6) is -2.48. The maximum atomic E-state index is 13.1. The van der Waals surface area contributed by atoms with Gasteiger partial charge in [-0.2, -0.15) is 0 Å². The number of hydrogen-bond donors (Lipinski definition) is 3. The number of rotatable bonds is 70. The Morgan fingerprint density at radius 3 is 0.894 bits per heavy atom. The first-order valence-corrected chi connectivity index (χ1v) is 41.7. The van der Waals surface area contributed by atoms with Crippen LogP contribution in [0.15, 0.2) is 194 Å². The molecule has 5 atom stereocenters. The lowest BCUT2D eigenvalue weighted by Crippen LogP contribution is -2.30. The SMILES string of the molecule is CC/C=C\C/C=C\C/C=C\C/C=C\C/C=C\C/C=C\CCC(=O)OCC(COP(=O)(O)OCC(O)COP(=O)(O)OCC(COC(=O)C/C=C\C/C=C\C/C=C\C/C=C\C/C=C\CC)OC(=O)CCCCCCC/C=C\C/C=C\C/C=C\CC)OC(=O)CCCCCCC/C=C\C/C=C\CCCCC. The Morgan fingerprint density at radius 1 is 0.288 bits per heavy atom. The van der Waals surface area contributed by atoms with Gasteiger partial charge >= 0.3 is 39.5 Å². The highest BCUT2D eigenvalue weighted by molar-refractivity contribution is 7.47. The van der Waals surface area contributed by atoms with E-state index in [0.717, 1.165) is 154 Å². The van der Waals surface area contributed by atoms with E-state index in [4.69, 9.17) is 37.0 Å². The Balaban J connectivity index is 5.54. The molecule has 0 saturated heterocycles. The fourth-order valence-electron chi connectivity index (χ4n) is 9.30. The molecule has 0 aromatic heterocycles. The van der Waals surface area contributed by atoms with Crippen molar-refractivity contribution in [2.24, 2.45) is 0 Å². The van der Waals surface area contributed by atoms with Gasteiger partial charge in [-0.3, -0.25) is 37.3 Å². The summed E-state index contributed by atoms with van der Waals surface area (Å²) in [5, 5.41) is 10.6. The molecule has 0 saturated carbocycles. The second kappa shape index (κ2) is 75.1. The van der Waals surface area contributed by atoms with E-state index in [2.05, 4.69) is 180 Å². The van der Waals surface area contributed by atoms with Crippen LogP contribution in [0, 0.1) is 0 Å². The molecule has 0 aromatic rings. The Labute approximate surface area is 627 Å². The number of unbranched alkanes of at least 4 members (excludes halogenated alkanes) is 13. The summed E-state index contributed by atoms with van der Waals surface area (Å²) in [6.07, 6.45) is 91.8. The average molecular weight is 1490 g/mol. The molecule has 17 nitrogen and oxygen atoms in total. The summed E-state index contributed by atoms with van der Waals surface area (Å²) in [4.78, 5) is 72.9. The van der Waals surface area contributed by atoms with Gasteiger partial charge in [0.1, 0.15) is 19.3 Å². The summed E-state index contributed by atoms with van der Waals surface area (Å²) in [6, 6.07) is 0. The molecular formula is C85H134O17P2. The predicted molar refractivity (Wildman–Crippen MR) is 426 cm³/mol. The number of carbonyl (C=O) groups is 4. The number of ether oxygens (including phenoxy) is 4. The van der Waals surface area contributed by atoms with Crippen LogP contribution >= 0.6 is 15.6 Å². The lowest BCUT2D eigenvalue weighted by molar-refractivity contribution is -0.161. The van der Waals surface area contributed by atoms with Crippen molar-refractivity contribution in [3.63, 3.8) is 0 Å². The molecule has 5 unspecified atom stereocenters. The van der Waals surface area contributed by atoms with Crippen LogP contribution in [0.3, 0.4) is 0 Å². The maximum Gasteiger partial charge on any atom is 0.472 e. The number of phosphoric ester groups is 2. The minimum absolute atomic E-state index is 0.0236. The maximum absolute atomic E-state index is 13.1. The minimum atomic E-state index is -5.02. The third-order valence-corrected chi connectivity index (χ3v) is 17.0. The van der Waals surface area contributed by atoms with Crippen LogP contribution < -0.4 is 0 Å². The van der Waals surface area contributed by atoms with E-state index in [1.54, 1.807) is 6.08 Å². The lowest BCUT2D eigenvalue weighted by atomic mass is 10.1. The molecule has 0 rings (SSSR count). The van der Waals surface area contributed by atoms with E-state index < -0.39 is 97.5 Å². The number of allylic oxidation sites excluding steroid dienone is 31. The molecule has 0 bridgehead atoms. The zero-order valence-electron chi connectivity index (χ0n) is 63.9. The van der Waals surface area contributed by atoms with Crippen molar-refractivity contribution in [2.45, 2.75) is 277 Å². The number of hydrogen-bond acceptors (Lipinski definition) is 15. The third kappa shape index (κ3) is 74.2. The van der Waals surface area contributed by atoms with Gasteiger partial charge in [0.15, 0.2) is 12.2 Å². The zero-order chi connectivity index (χ0) is 76.0. The normalized spacial score (nSPS) is 15.0. The smallest absolute Gasteiger partial charge is 0.462 e. The number of esters is 4. The molecule has 586 valence electrons. The van der Waals surface area contributed by atoms with Crippen LogP contribution in [-0.2, 0) is 65.4 Å². The van der Waals surface area contributed by atoms with Crippen molar-refractivity contribution >= 4 is 39.5 Å². The molecular weight excluding hydrogens is 1350 g/mol. The minimum Gasteiger partial charge on any atom is -0.462 e. The van der Waals surface area contributed by atoms with Crippen molar-refractivity contribution in [3.05, 3.63) is 194 Å². The molecule has 0 aliphatic heterocycles. The molecule has 0 radical (unpaired) electrons. The van der Waals surface area contributed by atoms with Gasteiger partial charge in [0, 0.05) is 19.3 Å². The van der Waals surface area contributed by atoms with Gasteiger partial charge in [-0.25, -0.2) is 9.13 Å². The van der Waals surface area contributed by atoms with E-state index in [-0.39, 0.29) is 25.7 Å². The van der Waals surface area contributed by atoms with E-state index in [1.165, 1.54) is 19.3 Å². The van der Waals surface area contributed by atoms with Gasteiger partial charge in [-0.15, -0.1) is 0 Å². The van der Waals surface area contributed by atoms with Gasteiger partial charge in [0.25, 0.3) is 0 Å². The average Bonchev–Trinajstić information content (AvgIpc) is 0.918. The third-order valence-electron chi connectivity index (χ3n) is 15.1. The highest BCUT2D eigenvalue weighted by atomic mass is 31.2. The van der Waals surface area contributed by atoms with Gasteiger partial charge in [-0.1, -0.05) is 273 Å². The highest BCUT2D eigenvalue weighted by Crippen LogP contribution is 2.45. The Kier molecular flexibility index (Phi) is 70.7. The topological polar surface area (TPSA) is 237 Å². The van der Waals surface area contributed by atoms with Crippen molar-refractivity contribution in [1.82, 2.24) is 0 Å². The standard InChI is InChI=1S/C85H134O17P2/c1-5-9-13-17-21-25-29-33-37-38-39-40-44-46-50-54-58-62-66-70-83(88)96-76-81(102-85(90)72-68-64-60-56-52-48-43-36-32-28-24-20-16-12-8-4)78-100-104(93,94)98-74-79(86)73-97-103(91,92)99-77-80(101-84(89)71-67-63-59-55-51-47-42-35-31-27-23-19-15-11-7-3)75-95-82(87)69-65-61-57-53-49-45-41-34-30-26-22-18-14-10-6-2/h9-11,13-15,21-28,33-37,39-43,46,49-50,53,58,61-62,65,79-81,86H,5-8,12,16-20,29-32,38,44-45,47-48,51-52,54-57,59-60,63-64,66-78H2,1-4H3,(H,91,92)(H,93,94)/b13-9-,14-10-,15-11-,25-21-,26-22-,27-23-,28-24-,37-33-,40-39-,41-34-,42-35-,43-36-,50-46-,53-49-,62-58-,65-61-. The summed E-state index contributed by atoms with van der Waals surface area (Å²) < 4.78 is 68.3. The van der Waals surface area contributed by atoms with Crippen molar-refractivity contribution < 1.29 is 80.2 Å². The van der Waals surface area contributed by atoms with E-state index in [9.17, 15) is 43.2 Å². The van der Waals surface area contributed by atoms with E-state index >= 15 is 0 Å². The van der Waals surface area contributed by atoms with Gasteiger partial charge in [-0.05, 0) is 154 Å². The molecule has 0 fully saturated rings. The van der Waals surface area contributed by atoms with E-state index in [0.29, 0.717) is 32.1 Å². The summed E-state index contributed by atoms with van der Waals surface area (Å²) in [6.45, 7) is 4.23. The lowest BCUT2D eigenvalue weighted by Gasteiger charge is -2.21. The van der Waals surface area contributed by atoms with Crippen LogP contribution in [0.4, 0.5) is 0 Å². The second-order valence-corrected chi connectivity index (χ2v) is 27.7. The van der Waals surface area contributed by atoms with Crippen LogP contribution in [0.25, 0.3) is 0 Å². The van der Waals surface area contributed by atoms with Gasteiger partial charge in [0.05, 0.1) is 32.8 Å². The Bertz CT molecular complexity index is 2740. The number of aliphatic hydroxyl groups is 1. The van der Waals surface area contributed by atoms with Crippen LogP contribution in [0.1, 0.15) is 259 Å². The van der Waals surface area contributed by atoms with Crippen LogP contribution in [-0.4, -0.2) is 96.7 Å². The summed E-state index contributed by atoms with van der Waals surface area (Å²) in [7, 11) is -10.0. The van der Waals surface area contributed by atoms with E-state index in [1.807, 2.05) is 36.5 Å². The quantitative estimate of drug-likeness (QED) is 0.0169. The molecule has 3 N–H and O–H groups in total. The van der Waals surface area contributed by atoms with Crippen molar-refractivity contribution in [3.8, 4) is 0 Å². The second-order valence-electron chi connectivity index (χ2n) is 24.8. The van der Waals surface area contributed by atoms with Crippen molar-refractivity contribution in [1.29, 1.82) is 0 Å². The molecule has 0 aliphatic rings. The molecule has 0 aromatic carbocycles. The molecule has 19 heteroatoms. The first-order chi connectivity index (χ1) is 50.7. The summed E-state index contributed by atoms with van der Waals surface area (Å²) >= 11 is 0. The van der Waals surface area contributed by atoms with Crippen molar-refractivity contribution in [2.75, 3.05) is 39.6 Å². The van der Waals surface area contributed by atoms with Crippen LogP contribution in [0.5, 0.6) is 0 Å². The zero-order valence-corrected chi connectivity index (χ0v) is 65.6. The number of carbonyl (C=O) groups excluding carboxylic acids is 4. The predicted octanol–water partition coefficient (Wildman–Crippen LogP) is 22.5. The molecule has 0 aliphatic carbocycles. The first kappa shape index (κ1) is 97.9. The Hall–Kier alpha value is -6.10. The van der Waals surface area contributed by atoms with Gasteiger partial charge < -0.3 is 33.8 Å². The fourth-order valence-corrected chi connectivity index (χ4v) is 10.9. The molecule has 0 amide bonds. The highest BCUT2D eigenvalue weighted by Gasteiger charge is 2.30. The molecule has 0 heterocycles. The fraction of sp³-hybridized carbons (Fsp3) is 0.576. The molecule has 104 heavy (non-hydrogen) atoms. The largest absolute Gasteiger partial charge is 0.472 e.